The average Bonchev–Trinajstić information content (AvgIpc) is 2.75. The van der Waals surface area contributed by atoms with Gasteiger partial charge in [0.05, 0.1) is 12.1 Å². The SMILES string of the molecule is CC1Oc2ncc(C(=O)NCc3c(F)cc(F)cc3F)cc2N(Cc2cc(F)cc(F)c2)C1=O. The first kappa shape index (κ1) is 23.1. The van der Waals surface area contributed by atoms with E-state index >= 15 is 0 Å². The predicted octanol–water partition coefficient (Wildman–Crippen LogP) is 4.02. The first-order chi connectivity index (χ1) is 16.1. The van der Waals surface area contributed by atoms with E-state index in [0.717, 1.165) is 18.3 Å². The van der Waals surface area contributed by atoms with E-state index in [2.05, 4.69) is 10.3 Å². The Balaban J connectivity index is 1.60. The molecule has 0 saturated heterocycles. The monoisotopic (exact) mass is 477 g/mol. The third-order valence-electron chi connectivity index (χ3n) is 5.08. The zero-order valence-corrected chi connectivity index (χ0v) is 17.5. The highest BCUT2D eigenvalue weighted by atomic mass is 19.2. The van der Waals surface area contributed by atoms with E-state index in [1.165, 1.54) is 17.9 Å². The van der Waals surface area contributed by atoms with E-state index in [4.69, 9.17) is 4.74 Å². The molecule has 1 atom stereocenters. The van der Waals surface area contributed by atoms with Crippen molar-refractivity contribution in [2.24, 2.45) is 0 Å². The molecule has 176 valence electrons. The van der Waals surface area contributed by atoms with E-state index < -0.39 is 59.1 Å². The van der Waals surface area contributed by atoms with Gasteiger partial charge in [-0.25, -0.2) is 26.9 Å². The van der Waals surface area contributed by atoms with Crippen LogP contribution in [-0.2, 0) is 17.9 Å². The number of nitrogens with zero attached hydrogens (tertiary/aromatic N) is 2. The molecule has 1 N–H and O–H groups in total. The van der Waals surface area contributed by atoms with Crippen molar-refractivity contribution >= 4 is 17.5 Å². The number of amides is 2. The van der Waals surface area contributed by atoms with Crippen molar-refractivity contribution in [2.45, 2.75) is 26.1 Å². The maximum atomic E-state index is 13.8. The lowest BCUT2D eigenvalue weighted by atomic mass is 10.1. The van der Waals surface area contributed by atoms with E-state index in [1.807, 2.05) is 0 Å². The smallest absolute Gasteiger partial charge is 0.268 e. The molecule has 2 aromatic carbocycles. The summed E-state index contributed by atoms with van der Waals surface area (Å²) in [6.45, 7) is 0.665. The van der Waals surface area contributed by atoms with Gasteiger partial charge in [0.2, 0.25) is 5.88 Å². The quantitative estimate of drug-likeness (QED) is 0.564. The van der Waals surface area contributed by atoms with Gasteiger partial charge in [-0.3, -0.25) is 14.5 Å². The van der Waals surface area contributed by atoms with Crippen molar-refractivity contribution in [1.82, 2.24) is 10.3 Å². The van der Waals surface area contributed by atoms with Crippen LogP contribution in [0.15, 0.2) is 42.6 Å². The minimum atomic E-state index is -1.16. The summed E-state index contributed by atoms with van der Waals surface area (Å²) < 4.78 is 73.4. The van der Waals surface area contributed by atoms with Crippen LogP contribution < -0.4 is 15.0 Å². The highest BCUT2D eigenvalue weighted by Gasteiger charge is 2.33. The molecule has 1 aliphatic heterocycles. The first-order valence-corrected chi connectivity index (χ1v) is 9.97. The van der Waals surface area contributed by atoms with E-state index in [0.29, 0.717) is 18.2 Å². The Morgan fingerprint density at radius 3 is 2.26 bits per heavy atom. The second-order valence-electron chi connectivity index (χ2n) is 7.54. The molecule has 0 fully saturated rings. The summed E-state index contributed by atoms with van der Waals surface area (Å²) in [4.78, 5) is 30.5. The number of ether oxygens (including phenoxy) is 1. The lowest BCUT2D eigenvalue weighted by Crippen LogP contribution is -2.44. The number of rotatable bonds is 5. The molecule has 11 heteroatoms. The number of aromatic nitrogens is 1. The van der Waals surface area contributed by atoms with Gasteiger partial charge in [0.1, 0.15) is 34.8 Å². The number of anilines is 1. The number of hydrogen-bond donors (Lipinski definition) is 1. The second-order valence-corrected chi connectivity index (χ2v) is 7.54. The standard InChI is InChI=1S/C23H16F5N3O3/c1-11-23(33)31(10-12-2-14(24)5-15(25)3-12)20-4-13(8-30-22(20)34-11)21(32)29-9-17-18(27)6-16(26)7-19(17)28/h2-8,11H,9-10H2,1H3,(H,29,32). The number of benzene rings is 2. The fraction of sp³-hybridized carbons (Fsp3) is 0.174. The first-order valence-electron chi connectivity index (χ1n) is 9.97. The highest BCUT2D eigenvalue weighted by Crippen LogP contribution is 2.34. The van der Waals surface area contributed by atoms with Crippen molar-refractivity contribution in [2.75, 3.05) is 4.90 Å². The molecule has 0 bridgehead atoms. The summed E-state index contributed by atoms with van der Waals surface area (Å²) in [6.07, 6.45) is 0.191. The van der Waals surface area contributed by atoms with Gasteiger partial charge in [-0.1, -0.05) is 0 Å². The molecular weight excluding hydrogens is 461 g/mol. The molecule has 3 aromatic rings. The molecular formula is C23H16F5N3O3. The fourth-order valence-corrected chi connectivity index (χ4v) is 3.46. The van der Waals surface area contributed by atoms with Crippen LogP contribution in [0.1, 0.15) is 28.4 Å². The Morgan fingerprint density at radius 2 is 1.62 bits per heavy atom. The predicted molar refractivity (Wildman–Crippen MR) is 109 cm³/mol. The van der Waals surface area contributed by atoms with Gasteiger partial charge >= 0.3 is 0 Å². The lowest BCUT2D eigenvalue weighted by molar-refractivity contribution is -0.125. The third-order valence-corrected chi connectivity index (χ3v) is 5.08. The van der Waals surface area contributed by atoms with E-state index in [1.54, 1.807) is 0 Å². The summed E-state index contributed by atoms with van der Waals surface area (Å²) in [5.41, 5.74) is -0.395. The molecule has 34 heavy (non-hydrogen) atoms. The van der Waals surface area contributed by atoms with Gasteiger partial charge in [0, 0.05) is 36.5 Å². The van der Waals surface area contributed by atoms with Gasteiger partial charge in [-0.2, -0.15) is 0 Å². The minimum Gasteiger partial charge on any atom is -0.463 e. The summed E-state index contributed by atoms with van der Waals surface area (Å²) in [5, 5.41) is 2.30. The second kappa shape index (κ2) is 9.08. The van der Waals surface area contributed by atoms with Crippen LogP contribution >= 0.6 is 0 Å². The van der Waals surface area contributed by atoms with Crippen LogP contribution in [0.2, 0.25) is 0 Å². The highest BCUT2D eigenvalue weighted by molar-refractivity contribution is 6.01. The van der Waals surface area contributed by atoms with Crippen molar-refractivity contribution in [3.8, 4) is 5.88 Å². The number of carbonyl (C=O) groups excluding carboxylic acids is 2. The van der Waals surface area contributed by atoms with Crippen molar-refractivity contribution in [3.05, 3.63) is 88.4 Å². The molecule has 4 rings (SSSR count). The fourth-order valence-electron chi connectivity index (χ4n) is 3.46. The molecule has 0 spiro atoms. The van der Waals surface area contributed by atoms with E-state index in [9.17, 15) is 31.5 Å². The molecule has 2 heterocycles. The van der Waals surface area contributed by atoms with Gasteiger partial charge in [-0.15, -0.1) is 0 Å². The molecule has 1 aliphatic rings. The van der Waals surface area contributed by atoms with E-state index in [-0.39, 0.29) is 29.2 Å². The number of carbonyl (C=O) groups is 2. The van der Waals surface area contributed by atoms with Crippen LogP contribution in [0.4, 0.5) is 27.6 Å². The Morgan fingerprint density at radius 1 is 1.00 bits per heavy atom. The molecule has 1 unspecified atom stereocenters. The van der Waals surface area contributed by atoms with Crippen molar-refractivity contribution in [1.29, 1.82) is 0 Å². The molecule has 0 saturated carbocycles. The summed E-state index contributed by atoms with van der Waals surface area (Å²) in [6, 6.07) is 5.05. The number of hydrogen-bond acceptors (Lipinski definition) is 4. The van der Waals surface area contributed by atoms with Crippen molar-refractivity contribution < 1.29 is 36.3 Å². The molecule has 0 radical (unpaired) electrons. The van der Waals surface area contributed by atoms with Crippen LogP contribution in [0.3, 0.4) is 0 Å². The maximum absolute atomic E-state index is 13.8. The Hall–Kier alpha value is -4.02. The van der Waals surface area contributed by atoms with Crippen LogP contribution in [0, 0.1) is 29.1 Å². The summed E-state index contributed by atoms with van der Waals surface area (Å²) in [5.74, 6) is -6.39. The van der Waals surface area contributed by atoms with Gasteiger partial charge in [-0.05, 0) is 30.7 Å². The third kappa shape index (κ3) is 4.68. The zero-order chi connectivity index (χ0) is 24.6. The summed E-state index contributed by atoms with van der Waals surface area (Å²) in [7, 11) is 0. The normalized spacial score (nSPS) is 15.1. The molecule has 2 amide bonds. The largest absolute Gasteiger partial charge is 0.463 e. The van der Waals surface area contributed by atoms with Crippen LogP contribution in [0.25, 0.3) is 0 Å². The number of nitrogens with one attached hydrogen (secondary N) is 1. The minimum absolute atomic E-state index is 0.0103. The van der Waals surface area contributed by atoms with Gasteiger partial charge in [0.15, 0.2) is 6.10 Å². The number of fused-ring (bicyclic) bond motifs is 1. The lowest BCUT2D eigenvalue weighted by Gasteiger charge is -2.32. The van der Waals surface area contributed by atoms with Crippen molar-refractivity contribution in [3.63, 3.8) is 0 Å². The number of pyridine rings is 1. The Bertz CT molecular complexity index is 1260. The van der Waals surface area contributed by atoms with Gasteiger partial charge in [0.25, 0.3) is 11.8 Å². The Kier molecular flexibility index (Phi) is 6.18. The molecule has 6 nitrogen and oxygen atoms in total. The molecule has 0 aliphatic carbocycles. The van der Waals surface area contributed by atoms with Crippen LogP contribution in [0.5, 0.6) is 5.88 Å². The number of halogens is 5. The average molecular weight is 477 g/mol. The Labute approximate surface area is 190 Å². The molecule has 1 aromatic heterocycles. The maximum Gasteiger partial charge on any atom is 0.268 e. The van der Waals surface area contributed by atoms with Crippen LogP contribution in [-0.4, -0.2) is 22.9 Å². The topological polar surface area (TPSA) is 71.5 Å². The van der Waals surface area contributed by atoms with Gasteiger partial charge < -0.3 is 10.1 Å². The summed E-state index contributed by atoms with van der Waals surface area (Å²) >= 11 is 0. The zero-order valence-electron chi connectivity index (χ0n) is 17.5.